The summed E-state index contributed by atoms with van der Waals surface area (Å²) in [7, 11) is 0. The summed E-state index contributed by atoms with van der Waals surface area (Å²) in [6, 6.07) is 15.8. The first-order chi connectivity index (χ1) is 9.75. The summed E-state index contributed by atoms with van der Waals surface area (Å²) < 4.78 is 0. The minimum Gasteiger partial charge on any atom is -0.385 e. The Balaban J connectivity index is 1.61. The van der Waals surface area contributed by atoms with Gasteiger partial charge in [0.2, 0.25) is 0 Å². The topological polar surface area (TPSA) is 24.1 Å². The molecule has 0 bridgehead atoms. The zero-order chi connectivity index (χ0) is 14.2. The molecule has 0 saturated carbocycles. The molecule has 0 fully saturated rings. The second-order valence-electron chi connectivity index (χ2n) is 4.56. The van der Waals surface area contributed by atoms with E-state index >= 15 is 0 Å². The molecule has 2 N–H and O–H groups in total. The molecule has 0 aromatic heterocycles. The predicted octanol–water partition coefficient (Wildman–Crippen LogP) is 5.30. The molecule has 0 aliphatic heterocycles. The van der Waals surface area contributed by atoms with Gasteiger partial charge in [0.1, 0.15) is 0 Å². The van der Waals surface area contributed by atoms with E-state index in [9.17, 15) is 0 Å². The van der Waals surface area contributed by atoms with Crippen LogP contribution in [-0.4, -0.2) is 13.1 Å². The summed E-state index contributed by atoms with van der Waals surface area (Å²) in [5.41, 5.74) is 2.18. The van der Waals surface area contributed by atoms with Crippen LogP contribution < -0.4 is 10.6 Å². The van der Waals surface area contributed by atoms with Gasteiger partial charge >= 0.3 is 0 Å². The zero-order valence-corrected chi connectivity index (χ0v) is 12.7. The summed E-state index contributed by atoms with van der Waals surface area (Å²) >= 11 is 11.8. The van der Waals surface area contributed by atoms with Gasteiger partial charge in [-0.15, -0.1) is 0 Å². The van der Waals surface area contributed by atoms with Crippen molar-refractivity contribution in [3.63, 3.8) is 0 Å². The van der Waals surface area contributed by atoms with Crippen LogP contribution in [0.4, 0.5) is 11.4 Å². The van der Waals surface area contributed by atoms with Crippen molar-refractivity contribution >= 4 is 34.6 Å². The van der Waals surface area contributed by atoms with Crippen molar-refractivity contribution in [2.75, 3.05) is 23.7 Å². The molecule has 0 heterocycles. The highest BCUT2D eigenvalue weighted by Crippen LogP contribution is 2.24. The number of nitrogens with one attached hydrogen (secondary N) is 2. The monoisotopic (exact) mass is 308 g/mol. The number of halogens is 2. The van der Waals surface area contributed by atoms with Crippen molar-refractivity contribution in [3.8, 4) is 0 Å². The molecule has 0 radical (unpaired) electrons. The van der Waals surface area contributed by atoms with Crippen molar-refractivity contribution in [1.82, 2.24) is 0 Å². The minimum atomic E-state index is 0.586. The van der Waals surface area contributed by atoms with E-state index in [0.29, 0.717) is 10.0 Å². The summed E-state index contributed by atoms with van der Waals surface area (Å²) in [5, 5.41) is 7.91. The Morgan fingerprint density at radius 2 is 1.35 bits per heavy atom. The minimum absolute atomic E-state index is 0.586. The van der Waals surface area contributed by atoms with Crippen molar-refractivity contribution in [2.45, 2.75) is 12.8 Å². The molecule has 0 aliphatic rings. The first kappa shape index (κ1) is 15.0. The number of unbranched alkanes of at least 4 members (excludes halogenated alkanes) is 1. The van der Waals surface area contributed by atoms with E-state index in [2.05, 4.69) is 22.8 Å². The van der Waals surface area contributed by atoms with Crippen LogP contribution in [0.5, 0.6) is 0 Å². The molecule has 4 heteroatoms. The van der Waals surface area contributed by atoms with Gasteiger partial charge in [0.05, 0.1) is 10.0 Å². The van der Waals surface area contributed by atoms with Gasteiger partial charge in [-0.2, -0.15) is 0 Å². The Bertz CT molecular complexity index is 529. The van der Waals surface area contributed by atoms with Gasteiger partial charge in [-0.1, -0.05) is 41.4 Å². The molecule has 2 aromatic carbocycles. The maximum atomic E-state index is 5.96. The maximum Gasteiger partial charge on any atom is 0.0612 e. The first-order valence-corrected chi connectivity index (χ1v) is 7.49. The lowest BCUT2D eigenvalue weighted by Crippen LogP contribution is -2.06. The van der Waals surface area contributed by atoms with Gasteiger partial charge in [0, 0.05) is 24.5 Å². The first-order valence-electron chi connectivity index (χ1n) is 6.73. The van der Waals surface area contributed by atoms with Crippen LogP contribution in [0.3, 0.4) is 0 Å². The van der Waals surface area contributed by atoms with E-state index in [0.717, 1.165) is 31.6 Å². The summed E-state index contributed by atoms with van der Waals surface area (Å²) in [4.78, 5) is 0. The summed E-state index contributed by atoms with van der Waals surface area (Å²) in [6.07, 6.45) is 2.21. The van der Waals surface area contributed by atoms with Crippen LogP contribution >= 0.6 is 23.2 Å². The molecule has 106 valence electrons. The molecule has 0 spiro atoms. The third-order valence-corrected chi connectivity index (χ3v) is 3.69. The van der Waals surface area contributed by atoms with Crippen molar-refractivity contribution in [1.29, 1.82) is 0 Å². The van der Waals surface area contributed by atoms with Gasteiger partial charge < -0.3 is 10.6 Å². The quantitative estimate of drug-likeness (QED) is 0.678. The second kappa shape index (κ2) is 8.03. The Labute approximate surface area is 130 Å². The highest BCUT2D eigenvalue weighted by atomic mass is 35.5. The van der Waals surface area contributed by atoms with E-state index in [4.69, 9.17) is 23.2 Å². The van der Waals surface area contributed by atoms with E-state index in [1.165, 1.54) is 5.69 Å². The van der Waals surface area contributed by atoms with Crippen LogP contribution in [-0.2, 0) is 0 Å². The van der Waals surface area contributed by atoms with E-state index in [1.807, 2.05) is 36.4 Å². The lowest BCUT2D eigenvalue weighted by molar-refractivity contribution is 0.796. The van der Waals surface area contributed by atoms with Crippen LogP contribution in [0.25, 0.3) is 0 Å². The number of para-hydroxylation sites is 1. The normalized spacial score (nSPS) is 10.3. The fourth-order valence-corrected chi connectivity index (χ4v) is 2.18. The van der Waals surface area contributed by atoms with Gasteiger partial charge in [0.15, 0.2) is 0 Å². The number of hydrogen-bond donors (Lipinski definition) is 2. The fourth-order valence-electron chi connectivity index (χ4n) is 1.88. The fraction of sp³-hybridized carbons (Fsp3) is 0.250. The number of benzene rings is 2. The molecule has 0 unspecified atom stereocenters. The average molecular weight is 309 g/mol. The van der Waals surface area contributed by atoms with Crippen molar-refractivity contribution in [3.05, 3.63) is 58.6 Å². The SMILES string of the molecule is Clc1ccc(NCCCCNc2ccccc2)cc1Cl. The number of anilines is 2. The molecule has 0 aliphatic carbocycles. The zero-order valence-electron chi connectivity index (χ0n) is 11.2. The largest absolute Gasteiger partial charge is 0.385 e. The van der Waals surface area contributed by atoms with Gasteiger partial charge in [0.25, 0.3) is 0 Å². The van der Waals surface area contributed by atoms with Crippen LogP contribution in [0.1, 0.15) is 12.8 Å². The molecule has 2 rings (SSSR count). The second-order valence-corrected chi connectivity index (χ2v) is 5.37. The number of rotatable bonds is 7. The molecular formula is C16H18Cl2N2. The van der Waals surface area contributed by atoms with Gasteiger partial charge in [-0.25, -0.2) is 0 Å². The molecular weight excluding hydrogens is 291 g/mol. The van der Waals surface area contributed by atoms with E-state index in [-0.39, 0.29) is 0 Å². The van der Waals surface area contributed by atoms with Crippen molar-refractivity contribution < 1.29 is 0 Å². The van der Waals surface area contributed by atoms with Crippen LogP contribution in [0.15, 0.2) is 48.5 Å². The Kier molecular flexibility index (Phi) is 6.03. The highest BCUT2D eigenvalue weighted by molar-refractivity contribution is 6.42. The standard InChI is InChI=1S/C16H18Cl2N2/c17-15-9-8-14(12-16(15)18)20-11-5-4-10-19-13-6-2-1-3-7-13/h1-3,6-9,12,19-20H,4-5,10-11H2. The molecule has 2 aromatic rings. The molecule has 0 amide bonds. The van der Waals surface area contributed by atoms with Crippen LogP contribution in [0.2, 0.25) is 10.0 Å². The Morgan fingerprint density at radius 3 is 2.00 bits per heavy atom. The third-order valence-electron chi connectivity index (χ3n) is 2.96. The maximum absolute atomic E-state index is 5.96. The molecule has 2 nitrogen and oxygen atoms in total. The summed E-state index contributed by atoms with van der Waals surface area (Å²) in [5.74, 6) is 0. The third kappa shape index (κ3) is 4.95. The Hall–Kier alpha value is -1.38. The molecule has 20 heavy (non-hydrogen) atoms. The van der Waals surface area contributed by atoms with E-state index in [1.54, 1.807) is 0 Å². The van der Waals surface area contributed by atoms with Gasteiger partial charge in [-0.3, -0.25) is 0 Å². The molecule has 0 atom stereocenters. The highest BCUT2D eigenvalue weighted by Gasteiger charge is 1.98. The Morgan fingerprint density at radius 1 is 0.700 bits per heavy atom. The smallest absolute Gasteiger partial charge is 0.0612 e. The summed E-state index contributed by atoms with van der Waals surface area (Å²) in [6.45, 7) is 1.90. The predicted molar refractivity (Wildman–Crippen MR) is 89.1 cm³/mol. The van der Waals surface area contributed by atoms with Crippen molar-refractivity contribution in [2.24, 2.45) is 0 Å². The average Bonchev–Trinajstić information content (AvgIpc) is 2.47. The number of hydrogen-bond acceptors (Lipinski definition) is 2. The van der Waals surface area contributed by atoms with Gasteiger partial charge in [-0.05, 0) is 43.2 Å². The lowest BCUT2D eigenvalue weighted by Gasteiger charge is -2.08. The van der Waals surface area contributed by atoms with Crippen LogP contribution in [0, 0.1) is 0 Å². The molecule has 0 saturated heterocycles. The lowest BCUT2D eigenvalue weighted by atomic mass is 10.2. The van der Waals surface area contributed by atoms with E-state index < -0.39 is 0 Å².